The number of ketones is 1. The lowest BCUT2D eigenvalue weighted by molar-refractivity contribution is -0.124. The Hall–Kier alpha value is -2.91. The van der Waals surface area contributed by atoms with Crippen molar-refractivity contribution in [2.45, 2.75) is 71.1 Å². The molecule has 0 atom stereocenters. The fourth-order valence-electron chi connectivity index (χ4n) is 4.70. The van der Waals surface area contributed by atoms with Crippen LogP contribution in [0.1, 0.15) is 75.2 Å². The van der Waals surface area contributed by atoms with Gasteiger partial charge in [-0.3, -0.25) is 14.4 Å². The van der Waals surface area contributed by atoms with Crippen LogP contribution >= 0.6 is 23.1 Å². The Labute approximate surface area is 230 Å². The van der Waals surface area contributed by atoms with E-state index in [4.69, 9.17) is 0 Å². The molecule has 6 nitrogen and oxygen atoms in total. The monoisotopic (exact) mass is 553 g/mol. The largest absolute Gasteiger partial charge is 0.299 e. The summed E-state index contributed by atoms with van der Waals surface area (Å²) >= 11 is 3.20. The van der Waals surface area contributed by atoms with Crippen molar-refractivity contribution >= 4 is 57.0 Å². The first-order valence-electron chi connectivity index (χ1n) is 13.0. The predicted octanol–water partition coefficient (Wildman–Crippen LogP) is 6.71. The summed E-state index contributed by atoms with van der Waals surface area (Å²) in [6.45, 7) is 1.95. The third kappa shape index (κ3) is 8.04. The van der Waals surface area contributed by atoms with Gasteiger partial charge in [-0.2, -0.15) is 5.10 Å². The Bertz CT molecular complexity index is 1240. The molecule has 0 bridgehead atoms. The first-order chi connectivity index (χ1) is 18.4. The van der Waals surface area contributed by atoms with E-state index in [0.717, 1.165) is 41.7 Å². The van der Waals surface area contributed by atoms with Crippen molar-refractivity contribution in [2.24, 2.45) is 16.0 Å². The van der Waals surface area contributed by atoms with Gasteiger partial charge < -0.3 is 0 Å². The molecule has 9 heteroatoms. The van der Waals surface area contributed by atoms with E-state index in [-0.39, 0.29) is 23.9 Å². The highest BCUT2D eigenvalue weighted by Crippen LogP contribution is 2.39. The Morgan fingerprint density at radius 1 is 1.11 bits per heavy atom. The topological polar surface area (TPSA) is 88.0 Å². The van der Waals surface area contributed by atoms with Crippen LogP contribution in [0.15, 0.2) is 56.8 Å². The number of aryl methyl sites for hydroxylation is 1. The summed E-state index contributed by atoms with van der Waals surface area (Å²) < 4.78 is 13.0. The maximum atomic E-state index is 13.0. The molecule has 38 heavy (non-hydrogen) atoms. The van der Waals surface area contributed by atoms with E-state index in [9.17, 15) is 18.8 Å². The van der Waals surface area contributed by atoms with Crippen LogP contribution < -0.4 is 5.43 Å². The van der Waals surface area contributed by atoms with Crippen molar-refractivity contribution in [3.63, 3.8) is 0 Å². The highest BCUT2D eigenvalue weighted by Gasteiger charge is 2.23. The van der Waals surface area contributed by atoms with E-state index in [1.165, 1.54) is 48.0 Å². The fraction of sp³-hybridized carbons (Fsp3) is 0.414. The van der Waals surface area contributed by atoms with E-state index in [2.05, 4.69) is 33.0 Å². The molecule has 2 aromatic rings. The SMILES string of the molecule is CC1=C(c2ccc(F)cc2)CC(=NC(=O)C2=NNC(=O)CC2)S1.O=C(CCc1cccs1)C1CCCCC1. The van der Waals surface area contributed by atoms with E-state index < -0.39 is 5.91 Å². The van der Waals surface area contributed by atoms with Gasteiger partial charge in [0.1, 0.15) is 17.3 Å². The summed E-state index contributed by atoms with van der Waals surface area (Å²) in [6.07, 6.45) is 8.93. The minimum Gasteiger partial charge on any atom is -0.299 e. The van der Waals surface area contributed by atoms with Gasteiger partial charge in [0.15, 0.2) is 0 Å². The second kappa shape index (κ2) is 13.8. The number of carbonyl (C=O) groups is 3. The number of hydrogen-bond acceptors (Lipinski definition) is 6. The third-order valence-corrected chi connectivity index (χ3v) is 8.81. The lowest BCUT2D eigenvalue weighted by Crippen LogP contribution is -2.29. The molecule has 1 saturated carbocycles. The summed E-state index contributed by atoms with van der Waals surface area (Å²) in [7, 11) is 0. The van der Waals surface area contributed by atoms with Crippen molar-refractivity contribution < 1.29 is 18.8 Å². The van der Waals surface area contributed by atoms with Gasteiger partial charge in [0, 0.05) is 36.5 Å². The van der Waals surface area contributed by atoms with Gasteiger partial charge in [-0.05, 0) is 65.8 Å². The number of nitrogens with zero attached hydrogens (tertiary/aromatic N) is 2. The van der Waals surface area contributed by atoms with Crippen molar-refractivity contribution in [3.8, 4) is 0 Å². The second-order valence-electron chi connectivity index (χ2n) is 9.61. The summed E-state index contributed by atoms with van der Waals surface area (Å²) in [5.41, 5.74) is 4.53. The molecule has 5 rings (SSSR count). The number of halogens is 1. The zero-order valence-corrected chi connectivity index (χ0v) is 23.1. The van der Waals surface area contributed by atoms with Crippen LogP contribution in [-0.4, -0.2) is 28.4 Å². The fourth-order valence-corrected chi connectivity index (χ4v) is 6.43. The smallest absolute Gasteiger partial charge is 0.293 e. The van der Waals surface area contributed by atoms with Crippen LogP contribution in [0.3, 0.4) is 0 Å². The van der Waals surface area contributed by atoms with Crippen molar-refractivity contribution in [3.05, 3.63) is 62.9 Å². The number of hydrogen-bond donors (Lipinski definition) is 1. The number of aliphatic imine (C=N–C) groups is 1. The highest BCUT2D eigenvalue weighted by molar-refractivity contribution is 8.17. The number of benzene rings is 1. The molecule has 0 radical (unpaired) electrons. The number of thioether (sulfide) groups is 1. The van der Waals surface area contributed by atoms with Gasteiger partial charge in [0.2, 0.25) is 5.91 Å². The lowest BCUT2D eigenvalue weighted by atomic mass is 9.85. The standard InChI is InChI=1S/C16H14FN3O2S.C13H18OS/c1-9-12(10-2-4-11(17)5-3-10)8-15(23-9)18-16(22)13-6-7-14(21)20-19-13;14-13(11-5-2-1-3-6-11)9-8-12-7-4-10-15-12/h2-5H,6-8H2,1H3,(H,20,21);4,7,10-11H,1-3,5-6,8-9H2. The first-order valence-corrected chi connectivity index (χ1v) is 14.7. The van der Waals surface area contributed by atoms with E-state index in [0.29, 0.717) is 29.6 Å². The zero-order valence-electron chi connectivity index (χ0n) is 21.5. The zero-order chi connectivity index (χ0) is 26.9. The average Bonchev–Trinajstić information content (AvgIpc) is 3.58. The van der Waals surface area contributed by atoms with Crippen molar-refractivity contribution in [1.29, 1.82) is 0 Å². The van der Waals surface area contributed by atoms with Gasteiger partial charge in [-0.15, -0.1) is 11.3 Å². The molecule has 0 unspecified atom stereocenters. The third-order valence-electron chi connectivity index (χ3n) is 6.85. The highest BCUT2D eigenvalue weighted by atomic mass is 32.2. The van der Waals surface area contributed by atoms with Crippen LogP contribution in [0.4, 0.5) is 4.39 Å². The molecule has 3 aliphatic rings. The molecule has 1 fully saturated rings. The second-order valence-corrected chi connectivity index (χ2v) is 11.9. The number of thiophene rings is 1. The van der Waals surface area contributed by atoms with E-state index in [1.807, 2.05) is 6.92 Å². The molecule has 200 valence electrons. The minimum absolute atomic E-state index is 0.194. The summed E-state index contributed by atoms with van der Waals surface area (Å²) in [6, 6.07) is 10.5. The number of nitrogens with one attached hydrogen (secondary N) is 1. The molecule has 1 aromatic heterocycles. The van der Waals surface area contributed by atoms with Crippen LogP contribution in [0.25, 0.3) is 5.57 Å². The molecule has 3 heterocycles. The van der Waals surface area contributed by atoms with Crippen molar-refractivity contribution in [1.82, 2.24) is 5.43 Å². The van der Waals surface area contributed by atoms with Gasteiger partial charge in [0.25, 0.3) is 5.91 Å². The molecule has 1 aliphatic carbocycles. The van der Waals surface area contributed by atoms with Gasteiger partial charge in [0.05, 0.1) is 5.04 Å². The minimum atomic E-state index is -0.416. The molecule has 1 aromatic carbocycles. The number of allylic oxidation sites excluding steroid dienone is 2. The maximum absolute atomic E-state index is 13.0. The number of Topliss-reactive ketones (excluding diaryl/α,β-unsaturated/α-hetero) is 1. The Kier molecular flexibility index (Phi) is 10.2. The van der Waals surface area contributed by atoms with Crippen molar-refractivity contribution in [2.75, 3.05) is 0 Å². The molecule has 0 saturated heterocycles. The van der Waals surface area contributed by atoms with Crippen LogP contribution in [0.5, 0.6) is 0 Å². The Morgan fingerprint density at radius 2 is 1.87 bits per heavy atom. The molecule has 1 N–H and O–H groups in total. The van der Waals surface area contributed by atoms with E-state index in [1.54, 1.807) is 23.5 Å². The number of amides is 2. The van der Waals surface area contributed by atoms with Gasteiger partial charge in [-0.1, -0.05) is 49.2 Å². The quantitative estimate of drug-likeness (QED) is 0.430. The molecular weight excluding hydrogens is 521 g/mol. The van der Waals surface area contributed by atoms with E-state index >= 15 is 0 Å². The first kappa shape index (κ1) is 28.1. The summed E-state index contributed by atoms with van der Waals surface area (Å²) in [4.78, 5) is 41.5. The summed E-state index contributed by atoms with van der Waals surface area (Å²) in [5, 5.41) is 6.52. The Balaban J connectivity index is 0.000000194. The molecule has 0 spiro atoms. The average molecular weight is 554 g/mol. The Morgan fingerprint density at radius 3 is 2.53 bits per heavy atom. The van der Waals surface area contributed by atoms with Crippen LogP contribution in [-0.2, 0) is 20.8 Å². The van der Waals surface area contributed by atoms with Crippen LogP contribution in [0, 0.1) is 11.7 Å². The van der Waals surface area contributed by atoms with Crippen LogP contribution in [0.2, 0.25) is 0 Å². The molecule has 2 amide bonds. The molecular formula is C29H32FN3O3S2. The lowest BCUT2D eigenvalue weighted by Gasteiger charge is -2.19. The van der Waals surface area contributed by atoms with Gasteiger partial charge in [-0.25, -0.2) is 14.8 Å². The maximum Gasteiger partial charge on any atom is 0.293 e. The summed E-state index contributed by atoms with van der Waals surface area (Å²) in [5.74, 6) is 0.00194. The number of carbonyl (C=O) groups excluding carboxylic acids is 3. The molecule has 2 aliphatic heterocycles. The predicted molar refractivity (Wildman–Crippen MR) is 153 cm³/mol. The number of hydrazone groups is 1. The number of rotatable bonds is 6. The van der Waals surface area contributed by atoms with Gasteiger partial charge >= 0.3 is 0 Å². The normalized spacial score (nSPS) is 19.1.